The molecule has 0 N–H and O–H groups in total. The maximum atomic E-state index is 2.60. The number of rotatable bonds is 6. The molecular weight excluding hydrogens is 316 g/mol. The highest BCUT2D eigenvalue weighted by Gasteiger charge is 2.35. The fourth-order valence-corrected chi connectivity index (χ4v) is 7.99. The summed E-state index contributed by atoms with van der Waals surface area (Å²) < 4.78 is 0. The second-order valence-corrected chi connectivity index (χ2v) is 11.6. The summed E-state index contributed by atoms with van der Waals surface area (Å²) in [6.45, 7) is 24.0. The predicted molar refractivity (Wildman–Crippen MR) is 117 cm³/mol. The molecule has 0 nitrogen and oxygen atoms in total. The van der Waals surface area contributed by atoms with Crippen LogP contribution in [-0.4, -0.2) is 9.52 Å². The maximum absolute atomic E-state index is 2.60. The maximum Gasteiger partial charge on any atom is 0.0875 e. The van der Waals surface area contributed by atoms with Gasteiger partial charge in [-0.05, 0) is 60.5 Å². The zero-order valence-corrected chi connectivity index (χ0v) is 19.8. The Bertz CT molecular complexity index is 606. The lowest BCUT2D eigenvalue weighted by atomic mass is 9.79. The van der Waals surface area contributed by atoms with Gasteiger partial charge in [0.25, 0.3) is 0 Å². The molecular formula is C24H40Si. The summed E-state index contributed by atoms with van der Waals surface area (Å²) in [6.07, 6.45) is 7.64. The zero-order chi connectivity index (χ0) is 19.2. The van der Waals surface area contributed by atoms with Gasteiger partial charge in [-0.2, -0.15) is 0 Å². The van der Waals surface area contributed by atoms with Crippen molar-refractivity contribution in [1.29, 1.82) is 0 Å². The number of allylic oxidation sites excluding steroid dienone is 8. The minimum absolute atomic E-state index is 0.303. The van der Waals surface area contributed by atoms with Crippen LogP contribution in [0.15, 0.2) is 44.8 Å². The molecule has 0 heterocycles. The van der Waals surface area contributed by atoms with E-state index in [1.165, 1.54) is 12.8 Å². The summed E-state index contributed by atoms with van der Waals surface area (Å²) in [5.41, 5.74) is 7.24. The molecule has 2 aliphatic carbocycles. The second-order valence-electron chi connectivity index (χ2n) is 9.73. The van der Waals surface area contributed by atoms with Crippen LogP contribution in [-0.2, 0) is 0 Å². The van der Waals surface area contributed by atoms with Crippen molar-refractivity contribution in [2.24, 2.45) is 22.7 Å². The number of hydrogen-bond donors (Lipinski definition) is 0. The first-order valence-electron chi connectivity index (χ1n) is 10.3. The van der Waals surface area contributed by atoms with E-state index in [1.54, 1.807) is 32.7 Å². The smallest absolute Gasteiger partial charge is 0.0783 e. The quantitative estimate of drug-likeness (QED) is 0.463. The standard InChI is InChI=1S/C24H40Si/c1-11-23(7,8)21-17(5)15(3)13-19(21)25-20-14-16(4)18(6)22(20)24(9,10)12-2/h13-16H,11-12,25H2,1-10H3. The van der Waals surface area contributed by atoms with Crippen molar-refractivity contribution in [3.05, 3.63) is 44.8 Å². The highest BCUT2D eigenvalue weighted by molar-refractivity contribution is 6.57. The van der Waals surface area contributed by atoms with Crippen molar-refractivity contribution in [3.8, 4) is 0 Å². The minimum atomic E-state index is -0.430. The summed E-state index contributed by atoms with van der Waals surface area (Å²) in [6, 6.07) is 0. The first-order valence-corrected chi connectivity index (χ1v) is 11.7. The Balaban J connectivity index is 2.42. The lowest BCUT2D eigenvalue weighted by Gasteiger charge is -2.32. The summed E-state index contributed by atoms with van der Waals surface area (Å²) >= 11 is 0. The first-order chi connectivity index (χ1) is 11.5. The largest absolute Gasteiger partial charge is 0.0875 e. The Kier molecular flexibility index (Phi) is 5.79. The van der Waals surface area contributed by atoms with Crippen LogP contribution in [0.5, 0.6) is 0 Å². The van der Waals surface area contributed by atoms with E-state index in [1.807, 2.05) is 0 Å². The van der Waals surface area contributed by atoms with Gasteiger partial charge in [0, 0.05) is 0 Å². The summed E-state index contributed by atoms with van der Waals surface area (Å²) in [7, 11) is -0.430. The molecule has 0 aromatic carbocycles. The Labute approximate surface area is 159 Å². The van der Waals surface area contributed by atoms with E-state index >= 15 is 0 Å². The average Bonchev–Trinajstić information content (AvgIpc) is 2.97. The van der Waals surface area contributed by atoms with Gasteiger partial charge in [0.15, 0.2) is 0 Å². The molecule has 2 aliphatic rings. The Hall–Kier alpha value is -0.823. The molecule has 0 fully saturated rings. The molecule has 2 rings (SSSR count). The molecule has 0 aromatic heterocycles. The fourth-order valence-electron chi connectivity index (χ4n) is 4.77. The molecule has 0 amide bonds. The lowest BCUT2D eigenvalue weighted by Crippen LogP contribution is -2.21. The van der Waals surface area contributed by atoms with Gasteiger partial charge in [0.2, 0.25) is 0 Å². The van der Waals surface area contributed by atoms with Crippen LogP contribution < -0.4 is 0 Å². The normalized spacial score (nSPS) is 25.5. The Morgan fingerprint density at radius 3 is 1.36 bits per heavy atom. The Morgan fingerprint density at radius 2 is 1.08 bits per heavy atom. The predicted octanol–water partition coefficient (Wildman–Crippen LogP) is 6.73. The SMILES string of the molecule is CCC(C)(C)C1=C(C)C(C)C=C1[SiH2]C1=CC(C)C(C)=C1C(C)(C)CC. The van der Waals surface area contributed by atoms with Crippen LogP contribution in [0.1, 0.15) is 82.1 Å². The molecule has 140 valence electrons. The Morgan fingerprint density at radius 1 is 0.760 bits per heavy atom. The highest BCUT2D eigenvalue weighted by Crippen LogP contribution is 2.47. The van der Waals surface area contributed by atoms with E-state index in [4.69, 9.17) is 0 Å². The first kappa shape index (κ1) is 20.5. The van der Waals surface area contributed by atoms with Crippen molar-refractivity contribution in [2.45, 2.75) is 82.1 Å². The van der Waals surface area contributed by atoms with E-state index in [-0.39, 0.29) is 0 Å². The van der Waals surface area contributed by atoms with E-state index in [0.29, 0.717) is 22.7 Å². The zero-order valence-electron chi connectivity index (χ0n) is 18.4. The average molecular weight is 357 g/mol. The van der Waals surface area contributed by atoms with E-state index < -0.39 is 9.52 Å². The van der Waals surface area contributed by atoms with E-state index in [9.17, 15) is 0 Å². The van der Waals surface area contributed by atoms with Crippen molar-refractivity contribution >= 4 is 9.52 Å². The third-order valence-electron chi connectivity index (χ3n) is 7.20. The minimum Gasteiger partial charge on any atom is -0.0783 e. The third kappa shape index (κ3) is 3.68. The van der Waals surface area contributed by atoms with E-state index in [2.05, 4.69) is 81.4 Å². The topological polar surface area (TPSA) is 0 Å². The molecule has 0 aliphatic heterocycles. The van der Waals surface area contributed by atoms with Gasteiger partial charge in [-0.15, -0.1) is 0 Å². The van der Waals surface area contributed by atoms with Gasteiger partial charge < -0.3 is 0 Å². The molecule has 0 radical (unpaired) electrons. The van der Waals surface area contributed by atoms with Crippen LogP contribution >= 0.6 is 0 Å². The third-order valence-corrected chi connectivity index (χ3v) is 9.14. The van der Waals surface area contributed by atoms with Gasteiger partial charge in [-0.1, -0.05) is 89.1 Å². The van der Waals surface area contributed by atoms with Gasteiger partial charge in [-0.25, -0.2) is 0 Å². The molecule has 0 saturated heterocycles. The fraction of sp³-hybridized carbons (Fsp3) is 0.667. The van der Waals surface area contributed by atoms with Crippen molar-refractivity contribution in [1.82, 2.24) is 0 Å². The van der Waals surface area contributed by atoms with Gasteiger partial charge in [0.1, 0.15) is 0 Å². The molecule has 25 heavy (non-hydrogen) atoms. The summed E-state index contributed by atoms with van der Waals surface area (Å²) in [4.78, 5) is 0. The summed E-state index contributed by atoms with van der Waals surface area (Å²) in [5, 5.41) is 3.46. The molecule has 1 heteroatoms. The highest BCUT2D eigenvalue weighted by atomic mass is 28.2. The van der Waals surface area contributed by atoms with Gasteiger partial charge in [0.05, 0.1) is 9.52 Å². The van der Waals surface area contributed by atoms with Crippen LogP contribution in [0.3, 0.4) is 0 Å². The van der Waals surface area contributed by atoms with Gasteiger partial charge in [-0.3, -0.25) is 0 Å². The van der Waals surface area contributed by atoms with E-state index in [0.717, 1.165) is 0 Å². The van der Waals surface area contributed by atoms with Crippen LogP contribution in [0.2, 0.25) is 0 Å². The van der Waals surface area contributed by atoms with Gasteiger partial charge >= 0.3 is 0 Å². The van der Waals surface area contributed by atoms with Crippen molar-refractivity contribution in [3.63, 3.8) is 0 Å². The molecule has 0 aromatic rings. The van der Waals surface area contributed by atoms with Crippen LogP contribution in [0.25, 0.3) is 0 Å². The molecule has 0 bridgehead atoms. The molecule has 0 spiro atoms. The molecule has 2 unspecified atom stereocenters. The van der Waals surface area contributed by atoms with Crippen molar-refractivity contribution in [2.75, 3.05) is 0 Å². The summed E-state index contributed by atoms with van der Waals surface area (Å²) in [5.74, 6) is 1.24. The van der Waals surface area contributed by atoms with Crippen molar-refractivity contribution < 1.29 is 0 Å². The molecule has 0 saturated carbocycles. The monoisotopic (exact) mass is 356 g/mol. The molecule has 2 atom stereocenters. The van der Waals surface area contributed by atoms with Crippen LogP contribution in [0, 0.1) is 22.7 Å². The second kappa shape index (κ2) is 7.06. The van der Waals surface area contributed by atoms with Crippen LogP contribution in [0.4, 0.5) is 0 Å². The number of hydrogen-bond acceptors (Lipinski definition) is 0. The lowest BCUT2D eigenvalue weighted by molar-refractivity contribution is 0.433.